The topological polar surface area (TPSA) is 92.8 Å². The maximum absolute atomic E-state index is 12.3. The molecular weight excluding hydrogens is 356 g/mol. The molecule has 8 nitrogen and oxygen atoms in total. The summed E-state index contributed by atoms with van der Waals surface area (Å²) in [6.45, 7) is 4.39. The normalized spacial score (nSPS) is 14.0. The molecule has 0 spiro atoms. The van der Waals surface area contributed by atoms with Gasteiger partial charge in [-0.1, -0.05) is 29.5 Å². The molecule has 26 heavy (non-hydrogen) atoms. The number of hydrogen-bond acceptors (Lipinski definition) is 7. The van der Waals surface area contributed by atoms with E-state index in [4.69, 9.17) is 9.47 Å². The Kier molecular flexibility index (Phi) is 6.03. The van der Waals surface area contributed by atoms with Crippen molar-refractivity contribution in [3.05, 3.63) is 40.9 Å². The van der Waals surface area contributed by atoms with Gasteiger partial charge in [0, 0.05) is 13.1 Å². The predicted molar refractivity (Wildman–Crippen MR) is 97.4 cm³/mol. The van der Waals surface area contributed by atoms with Crippen molar-refractivity contribution in [2.45, 2.75) is 6.92 Å². The van der Waals surface area contributed by atoms with Gasteiger partial charge in [-0.15, -0.1) is 0 Å². The van der Waals surface area contributed by atoms with E-state index in [1.165, 1.54) is 11.3 Å². The molecule has 0 atom stereocenters. The fourth-order valence-electron chi connectivity index (χ4n) is 2.37. The minimum Gasteiger partial charge on any atom is -0.484 e. The number of aryl methyl sites for hydroxylation is 1. The van der Waals surface area contributed by atoms with Gasteiger partial charge in [0.05, 0.1) is 18.9 Å². The summed E-state index contributed by atoms with van der Waals surface area (Å²) in [7, 11) is 0. The summed E-state index contributed by atoms with van der Waals surface area (Å²) in [5, 5.41) is 0.787. The fourth-order valence-corrected chi connectivity index (χ4v) is 3.38. The van der Waals surface area contributed by atoms with E-state index >= 15 is 0 Å². The summed E-state index contributed by atoms with van der Waals surface area (Å²) in [5.74, 6) is -0.257. The van der Waals surface area contributed by atoms with Crippen LogP contribution in [-0.4, -0.2) is 49.7 Å². The Morgan fingerprint density at radius 3 is 2.69 bits per heavy atom. The standard InChI is InChI=1S/C17H20N4O4S/c1-12-15(26-17(18-12)21-7-9-24-10-8-21)16(23)20-19-14(22)11-25-13-5-3-2-4-6-13/h2-6H,7-11H2,1H3,(H,19,22)(H,20,23). The number of anilines is 1. The fraction of sp³-hybridized carbons (Fsp3) is 0.353. The molecule has 0 radical (unpaired) electrons. The molecule has 1 aliphatic rings. The highest BCUT2D eigenvalue weighted by Crippen LogP contribution is 2.26. The number of rotatable bonds is 5. The third kappa shape index (κ3) is 4.70. The maximum Gasteiger partial charge on any atom is 0.281 e. The Labute approximate surface area is 155 Å². The van der Waals surface area contributed by atoms with Crippen molar-refractivity contribution >= 4 is 28.3 Å². The molecule has 1 aromatic carbocycles. The molecule has 3 rings (SSSR count). The molecule has 0 aliphatic carbocycles. The van der Waals surface area contributed by atoms with Crippen molar-refractivity contribution in [2.24, 2.45) is 0 Å². The van der Waals surface area contributed by atoms with Gasteiger partial charge in [0.15, 0.2) is 11.7 Å². The lowest BCUT2D eigenvalue weighted by Crippen LogP contribution is -2.43. The lowest BCUT2D eigenvalue weighted by atomic mass is 10.3. The number of aromatic nitrogens is 1. The number of carbonyl (C=O) groups excluding carboxylic acids is 2. The third-order valence-electron chi connectivity index (χ3n) is 3.70. The maximum atomic E-state index is 12.3. The number of thiazole rings is 1. The predicted octanol–water partition coefficient (Wildman–Crippen LogP) is 1.13. The van der Waals surface area contributed by atoms with Gasteiger partial charge in [0.2, 0.25) is 0 Å². The average molecular weight is 376 g/mol. The van der Waals surface area contributed by atoms with Crippen molar-refractivity contribution in [1.82, 2.24) is 15.8 Å². The molecule has 2 N–H and O–H groups in total. The van der Waals surface area contributed by atoms with Gasteiger partial charge >= 0.3 is 0 Å². The smallest absolute Gasteiger partial charge is 0.281 e. The van der Waals surface area contributed by atoms with Crippen molar-refractivity contribution in [3.8, 4) is 5.75 Å². The summed E-state index contributed by atoms with van der Waals surface area (Å²) < 4.78 is 10.6. The van der Waals surface area contributed by atoms with Gasteiger partial charge in [-0.3, -0.25) is 20.4 Å². The highest BCUT2D eigenvalue weighted by molar-refractivity contribution is 7.17. The molecule has 9 heteroatoms. The largest absolute Gasteiger partial charge is 0.484 e. The first kappa shape index (κ1) is 18.2. The first-order valence-corrected chi connectivity index (χ1v) is 9.02. The van der Waals surface area contributed by atoms with Crippen LogP contribution in [0, 0.1) is 6.92 Å². The van der Waals surface area contributed by atoms with E-state index in [0.29, 0.717) is 29.5 Å². The zero-order chi connectivity index (χ0) is 18.4. The molecule has 2 heterocycles. The molecule has 0 unspecified atom stereocenters. The van der Waals surface area contributed by atoms with Crippen LogP contribution in [0.2, 0.25) is 0 Å². The number of nitrogens with zero attached hydrogens (tertiary/aromatic N) is 2. The van der Waals surface area contributed by atoms with Gasteiger partial charge in [-0.25, -0.2) is 4.98 Å². The Morgan fingerprint density at radius 2 is 1.96 bits per heavy atom. The summed E-state index contributed by atoms with van der Waals surface area (Å²) in [4.78, 5) is 31.1. The SMILES string of the molecule is Cc1nc(N2CCOCC2)sc1C(=O)NNC(=O)COc1ccccc1. The second-order valence-corrected chi connectivity index (χ2v) is 6.59. The van der Waals surface area contributed by atoms with Crippen LogP contribution in [0.1, 0.15) is 15.4 Å². The second kappa shape index (κ2) is 8.63. The van der Waals surface area contributed by atoms with Crippen LogP contribution in [-0.2, 0) is 9.53 Å². The number of nitrogens with one attached hydrogen (secondary N) is 2. The quantitative estimate of drug-likeness (QED) is 0.760. The lowest BCUT2D eigenvalue weighted by molar-refractivity contribution is -0.123. The van der Waals surface area contributed by atoms with E-state index in [-0.39, 0.29) is 6.61 Å². The van der Waals surface area contributed by atoms with Crippen LogP contribution >= 0.6 is 11.3 Å². The summed E-state index contributed by atoms with van der Waals surface area (Å²) >= 11 is 1.30. The minimum atomic E-state index is -0.447. The number of morpholine rings is 1. The average Bonchev–Trinajstić information content (AvgIpc) is 3.08. The minimum absolute atomic E-state index is 0.189. The van der Waals surface area contributed by atoms with Crippen molar-refractivity contribution in [1.29, 1.82) is 0 Å². The first-order chi connectivity index (χ1) is 12.6. The van der Waals surface area contributed by atoms with Crippen LogP contribution in [0.25, 0.3) is 0 Å². The third-order valence-corrected chi connectivity index (χ3v) is 4.92. The van der Waals surface area contributed by atoms with E-state index in [9.17, 15) is 9.59 Å². The van der Waals surface area contributed by atoms with E-state index in [1.807, 2.05) is 18.2 Å². The Balaban J connectivity index is 1.50. The molecule has 2 aromatic rings. The number of para-hydroxylation sites is 1. The van der Waals surface area contributed by atoms with Crippen molar-refractivity contribution in [3.63, 3.8) is 0 Å². The van der Waals surface area contributed by atoms with Crippen LogP contribution in [0.4, 0.5) is 5.13 Å². The molecule has 1 saturated heterocycles. The second-order valence-electron chi connectivity index (χ2n) is 5.61. The van der Waals surface area contributed by atoms with Crippen LogP contribution in [0.3, 0.4) is 0 Å². The van der Waals surface area contributed by atoms with E-state index in [1.54, 1.807) is 19.1 Å². The van der Waals surface area contributed by atoms with Gasteiger partial charge in [-0.2, -0.15) is 0 Å². The van der Waals surface area contributed by atoms with Crippen molar-refractivity contribution in [2.75, 3.05) is 37.8 Å². The Bertz CT molecular complexity index is 759. The summed E-state index contributed by atoms with van der Waals surface area (Å²) in [5.41, 5.74) is 5.38. The monoisotopic (exact) mass is 376 g/mol. The first-order valence-electron chi connectivity index (χ1n) is 8.20. The molecule has 1 aliphatic heterocycles. The van der Waals surface area contributed by atoms with Gasteiger partial charge in [0.1, 0.15) is 10.6 Å². The summed E-state index contributed by atoms with van der Waals surface area (Å²) in [6.07, 6.45) is 0. The highest BCUT2D eigenvalue weighted by atomic mass is 32.1. The van der Waals surface area contributed by atoms with Crippen LogP contribution in [0.15, 0.2) is 30.3 Å². The molecule has 2 amide bonds. The van der Waals surface area contributed by atoms with Gasteiger partial charge in [-0.05, 0) is 19.1 Å². The van der Waals surface area contributed by atoms with E-state index in [2.05, 4.69) is 20.7 Å². The van der Waals surface area contributed by atoms with Gasteiger partial charge < -0.3 is 14.4 Å². The number of hydrazine groups is 1. The molecule has 138 valence electrons. The molecule has 1 fully saturated rings. The van der Waals surface area contributed by atoms with Crippen molar-refractivity contribution < 1.29 is 19.1 Å². The number of hydrogen-bond donors (Lipinski definition) is 2. The number of carbonyl (C=O) groups is 2. The molecular formula is C17H20N4O4S. The number of amides is 2. The zero-order valence-corrected chi connectivity index (χ0v) is 15.2. The van der Waals surface area contributed by atoms with E-state index in [0.717, 1.165) is 18.2 Å². The molecule has 0 saturated carbocycles. The Hall–Kier alpha value is -2.65. The molecule has 1 aromatic heterocycles. The summed E-state index contributed by atoms with van der Waals surface area (Å²) in [6, 6.07) is 8.98. The van der Waals surface area contributed by atoms with Crippen LogP contribution < -0.4 is 20.5 Å². The van der Waals surface area contributed by atoms with Gasteiger partial charge in [0.25, 0.3) is 11.8 Å². The lowest BCUT2D eigenvalue weighted by Gasteiger charge is -2.25. The Morgan fingerprint density at radius 1 is 1.23 bits per heavy atom. The number of ether oxygens (including phenoxy) is 2. The van der Waals surface area contributed by atoms with Crippen LogP contribution in [0.5, 0.6) is 5.75 Å². The number of benzene rings is 1. The highest BCUT2D eigenvalue weighted by Gasteiger charge is 2.20. The zero-order valence-electron chi connectivity index (χ0n) is 14.4. The molecule has 0 bridgehead atoms. The van der Waals surface area contributed by atoms with E-state index < -0.39 is 11.8 Å².